The number of aromatic hydroxyl groups is 1. The molecule has 3 aromatic carbocycles. The van der Waals surface area contributed by atoms with Crippen molar-refractivity contribution in [3.8, 4) is 22.9 Å². The van der Waals surface area contributed by atoms with Crippen molar-refractivity contribution in [2.24, 2.45) is 0 Å². The van der Waals surface area contributed by atoms with Crippen molar-refractivity contribution in [2.75, 3.05) is 18.2 Å². The van der Waals surface area contributed by atoms with Crippen molar-refractivity contribution >= 4 is 35.0 Å². The van der Waals surface area contributed by atoms with E-state index in [1.54, 1.807) is 36.4 Å². The van der Waals surface area contributed by atoms with Gasteiger partial charge in [-0.3, -0.25) is 9.36 Å². The van der Waals surface area contributed by atoms with Crippen LogP contribution in [0.15, 0.2) is 78.0 Å². The second-order valence-corrected chi connectivity index (χ2v) is 8.46. The summed E-state index contributed by atoms with van der Waals surface area (Å²) in [6.45, 7) is 0.490. The molecule has 0 aliphatic carbocycles. The summed E-state index contributed by atoms with van der Waals surface area (Å²) in [6, 6.07) is 21.9. The van der Waals surface area contributed by atoms with Crippen molar-refractivity contribution in [1.29, 1.82) is 0 Å². The van der Waals surface area contributed by atoms with Crippen molar-refractivity contribution in [3.63, 3.8) is 0 Å². The van der Waals surface area contributed by atoms with Crippen LogP contribution in [0.2, 0.25) is 5.02 Å². The number of methoxy groups -OCH3 is 1. The van der Waals surface area contributed by atoms with Gasteiger partial charge >= 0.3 is 0 Å². The number of carbonyl (C=O) groups excluding carboxylic acids is 1. The van der Waals surface area contributed by atoms with Gasteiger partial charge in [0.2, 0.25) is 5.91 Å². The van der Waals surface area contributed by atoms with Crippen LogP contribution in [-0.4, -0.2) is 38.6 Å². The number of aromatic nitrogens is 3. The molecular weight excluding hydrogens is 460 g/mol. The maximum absolute atomic E-state index is 12.6. The van der Waals surface area contributed by atoms with E-state index < -0.39 is 0 Å². The molecule has 33 heavy (non-hydrogen) atoms. The molecule has 0 saturated heterocycles. The number of phenolic OH excluding ortho intramolecular Hbond substituents is 1. The van der Waals surface area contributed by atoms with Crippen molar-refractivity contribution in [3.05, 3.63) is 83.4 Å². The number of halogens is 1. The van der Waals surface area contributed by atoms with Gasteiger partial charge in [0, 0.05) is 5.02 Å². The monoisotopic (exact) mass is 480 g/mol. The fraction of sp³-hybridized carbons (Fsp3) is 0.125. The Balaban J connectivity index is 1.57. The van der Waals surface area contributed by atoms with Gasteiger partial charge in [-0.05, 0) is 35.9 Å². The Morgan fingerprint density at radius 2 is 1.85 bits per heavy atom. The smallest absolute Gasteiger partial charge is 0.234 e. The Hall–Kier alpha value is -3.49. The molecular formula is C24H21ClN4O3S. The lowest BCUT2D eigenvalue weighted by Crippen LogP contribution is -2.15. The molecule has 7 nitrogen and oxygen atoms in total. The summed E-state index contributed by atoms with van der Waals surface area (Å²) in [5.74, 6) is 1.02. The van der Waals surface area contributed by atoms with Crippen molar-refractivity contribution in [2.45, 2.75) is 11.7 Å². The van der Waals surface area contributed by atoms with E-state index in [0.717, 1.165) is 5.56 Å². The first-order valence-corrected chi connectivity index (χ1v) is 11.4. The second-order valence-electron chi connectivity index (χ2n) is 7.08. The molecule has 9 heteroatoms. The molecule has 4 aromatic rings. The molecule has 0 bridgehead atoms. The summed E-state index contributed by atoms with van der Waals surface area (Å²) in [5, 5.41) is 22.8. The number of phenols is 1. The Morgan fingerprint density at radius 1 is 1.09 bits per heavy atom. The number of nitrogens with one attached hydrogen (secondary N) is 1. The summed E-state index contributed by atoms with van der Waals surface area (Å²) in [4.78, 5) is 12.6. The van der Waals surface area contributed by atoms with Gasteiger partial charge in [-0.1, -0.05) is 65.8 Å². The molecule has 1 heterocycles. The minimum absolute atomic E-state index is 0.101. The molecule has 168 valence electrons. The largest absolute Gasteiger partial charge is 0.507 e. The predicted molar refractivity (Wildman–Crippen MR) is 130 cm³/mol. The van der Waals surface area contributed by atoms with E-state index in [1.165, 1.54) is 18.9 Å². The summed E-state index contributed by atoms with van der Waals surface area (Å²) in [7, 11) is 1.53. The van der Waals surface area contributed by atoms with Crippen LogP contribution in [-0.2, 0) is 11.3 Å². The van der Waals surface area contributed by atoms with Crippen LogP contribution in [0.3, 0.4) is 0 Å². The van der Waals surface area contributed by atoms with Crippen LogP contribution >= 0.6 is 23.4 Å². The highest BCUT2D eigenvalue weighted by Crippen LogP contribution is 2.31. The third-order valence-electron chi connectivity index (χ3n) is 4.81. The van der Waals surface area contributed by atoms with Crippen LogP contribution in [0, 0.1) is 0 Å². The highest BCUT2D eigenvalue weighted by molar-refractivity contribution is 7.99. The topological polar surface area (TPSA) is 89.3 Å². The quantitative estimate of drug-likeness (QED) is 0.341. The van der Waals surface area contributed by atoms with E-state index in [1.807, 2.05) is 41.0 Å². The van der Waals surface area contributed by atoms with Gasteiger partial charge in [-0.2, -0.15) is 0 Å². The van der Waals surface area contributed by atoms with Crippen LogP contribution in [0.1, 0.15) is 5.56 Å². The van der Waals surface area contributed by atoms with E-state index in [4.69, 9.17) is 16.3 Å². The SMILES string of the molecule is COc1ccc(Cl)cc1NC(=O)CSc1nnc(-c2ccccc2O)n1Cc1ccccc1. The van der Waals surface area contributed by atoms with E-state index in [9.17, 15) is 9.90 Å². The van der Waals surface area contributed by atoms with E-state index >= 15 is 0 Å². The molecule has 2 N–H and O–H groups in total. The average molecular weight is 481 g/mol. The summed E-state index contributed by atoms with van der Waals surface area (Å²) in [5.41, 5.74) is 2.11. The highest BCUT2D eigenvalue weighted by Gasteiger charge is 2.18. The first-order chi connectivity index (χ1) is 16.0. The number of anilines is 1. The number of hydrogen-bond acceptors (Lipinski definition) is 6. The van der Waals surface area contributed by atoms with E-state index in [0.29, 0.717) is 39.5 Å². The molecule has 0 fully saturated rings. The number of benzene rings is 3. The molecule has 0 radical (unpaired) electrons. The number of carbonyl (C=O) groups is 1. The normalized spacial score (nSPS) is 10.7. The lowest BCUT2D eigenvalue weighted by Gasteiger charge is -2.12. The van der Waals surface area contributed by atoms with E-state index in [-0.39, 0.29) is 17.4 Å². The highest BCUT2D eigenvalue weighted by atomic mass is 35.5. The predicted octanol–water partition coefficient (Wildman–Crippen LogP) is 5.09. The zero-order valence-corrected chi connectivity index (χ0v) is 19.3. The zero-order valence-electron chi connectivity index (χ0n) is 17.7. The Labute approximate surface area is 200 Å². The standard InChI is InChI=1S/C24H21ClN4O3S/c1-32-21-12-11-17(25)13-19(21)26-22(31)15-33-24-28-27-23(18-9-5-6-10-20(18)30)29(24)14-16-7-3-2-4-8-16/h2-13,30H,14-15H2,1H3,(H,26,31). The molecule has 0 aliphatic heterocycles. The third-order valence-corrected chi connectivity index (χ3v) is 6.02. The maximum Gasteiger partial charge on any atom is 0.234 e. The molecule has 4 rings (SSSR count). The van der Waals surface area contributed by atoms with Crippen LogP contribution in [0.5, 0.6) is 11.5 Å². The second kappa shape index (κ2) is 10.4. The molecule has 0 spiro atoms. The van der Waals surface area contributed by atoms with Gasteiger partial charge in [0.25, 0.3) is 0 Å². The number of nitrogens with zero attached hydrogens (tertiary/aromatic N) is 3. The zero-order chi connectivity index (χ0) is 23.2. The van der Waals surface area contributed by atoms with Crippen molar-refractivity contribution < 1.29 is 14.6 Å². The molecule has 1 amide bonds. The van der Waals surface area contributed by atoms with Gasteiger partial charge < -0.3 is 15.2 Å². The molecule has 0 saturated carbocycles. The van der Waals surface area contributed by atoms with Crippen LogP contribution in [0.25, 0.3) is 11.4 Å². The lowest BCUT2D eigenvalue weighted by molar-refractivity contribution is -0.113. The maximum atomic E-state index is 12.6. The Bertz CT molecular complexity index is 1260. The molecule has 0 aliphatic rings. The molecule has 0 unspecified atom stereocenters. The minimum Gasteiger partial charge on any atom is -0.507 e. The van der Waals surface area contributed by atoms with Gasteiger partial charge in [0.15, 0.2) is 11.0 Å². The van der Waals surface area contributed by atoms with Gasteiger partial charge in [0.1, 0.15) is 11.5 Å². The fourth-order valence-electron chi connectivity index (χ4n) is 3.26. The average Bonchev–Trinajstić information content (AvgIpc) is 3.21. The fourth-order valence-corrected chi connectivity index (χ4v) is 4.17. The number of hydrogen-bond donors (Lipinski definition) is 2. The van der Waals surface area contributed by atoms with Crippen molar-refractivity contribution in [1.82, 2.24) is 14.8 Å². The summed E-state index contributed by atoms with van der Waals surface area (Å²) < 4.78 is 7.17. The van der Waals surface area contributed by atoms with Crippen LogP contribution < -0.4 is 10.1 Å². The summed E-state index contributed by atoms with van der Waals surface area (Å²) in [6.07, 6.45) is 0. The first kappa shape index (κ1) is 22.7. The Kier molecular flexibility index (Phi) is 7.16. The Morgan fingerprint density at radius 3 is 2.61 bits per heavy atom. The third kappa shape index (κ3) is 5.47. The number of ether oxygens (including phenoxy) is 1. The molecule has 1 aromatic heterocycles. The van der Waals surface area contributed by atoms with Gasteiger partial charge in [-0.15, -0.1) is 10.2 Å². The number of amides is 1. The minimum atomic E-state index is -0.237. The summed E-state index contributed by atoms with van der Waals surface area (Å²) >= 11 is 7.30. The number of para-hydroxylation sites is 1. The number of thioether (sulfide) groups is 1. The van der Waals surface area contributed by atoms with Gasteiger partial charge in [0.05, 0.1) is 30.7 Å². The number of rotatable bonds is 8. The van der Waals surface area contributed by atoms with Gasteiger partial charge in [-0.25, -0.2) is 0 Å². The first-order valence-electron chi connectivity index (χ1n) is 10.1. The van der Waals surface area contributed by atoms with Crippen LogP contribution in [0.4, 0.5) is 5.69 Å². The lowest BCUT2D eigenvalue weighted by atomic mass is 10.1. The van der Waals surface area contributed by atoms with E-state index in [2.05, 4.69) is 15.5 Å². The molecule has 0 atom stereocenters.